The second kappa shape index (κ2) is 10.7. The van der Waals surface area contributed by atoms with Crippen LogP contribution < -0.4 is 10.2 Å². The number of hydrogen-bond acceptors (Lipinski definition) is 4. The largest absolute Gasteiger partial charge is 0.451 e. The monoisotopic (exact) mass is 533 g/mol. The van der Waals surface area contributed by atoms with E-state index in [1.54, 1.807) is 36.4 Å². The smallest absolute Gasteiger partial charge is 0.291 e. The highest BCUT2D eigenvalue weighted by Gasteiger charge is 2.26. The van der Waals surface area contributed by atoms with Crippen LogP contribution in [0.1, 0.15) is 26.5 Å². The lowest BCUT2D eigenvalue weighted by atomic mass is 10.1. The van der Waals surface area contributed by atoms with Crippen LogP contribution in [-0.2, 0) is 0 Å². The minimum atomic E-state index is -0.378. The average Bonchev–Trinajstić information content (AvgIpc) is 3.40. The number of halogens is 2. The predicted octanol–water partition coefficient (Wildman–Crippen LogP) is 6.78. The van der Waals surface area contributed by atoms with Crippen molar-refractivity contribution in [3.63, 3.8) is 0 Å². The van der Waals surface area contributed by atoms with Crippen molar-refractivity contribution >= 4 is 46.4 Å². The topological polar surface area (TPSA) is 65.8 Å². The summed E-state index contributed by atoms with van der Waals surface area (Å²) >= 11 is 12.6. The summed E-state index contributed by atoms with van der Waals surface area (Å²) in [6, 6.07) is 23.6. The van der Waals surface area contributed by atoms with Crippen molar-refractivity contribution in [2.45, 2.75) is 6.92 Å². The van der Waals surface area contributed by atoms with E-state index in [1.807, 2.05) is 54.3 Å². The van der Waals surface area contributed by atoms with Crippen molar-refractivity contribution in [2.24, 2.45) is 0 Å². The van der Waals surface area contributed by atoms with Crippen LogP contribution in [-0.4, -0.2) is 42.9 Å². The van der Waals surface area contributed by atoms with Crippen LogP contribution in [0.15, 0.2) is 83.3 Å². The molecular formula is C29H25Cl2N3O3. The highest BCUT2D eigenvalue weighted by Crippen LogP contribution is 2.35. The number of hydrogen-bond donors (Lipinski definition) is 1. The molecular weight excluding hydrogens is 509 g/mol. The first-order valence-electron chi connectivity index (χ1n) is 12.0. The van der Waals surface area contributed by atoms with Gasteiger partial charge in [0.2, 0.25) is 0 Å². The zero-order valence-corrected chi connectivity index (χ0v) is 21.7. The normalized spacial score (nSPS) is 13.5. The molecule has 37 heavy (non-hydrogen) atoms. The molecule has 2 heterocycles. The Morgan fingerprint density at radius 1 is 0.838 bits per heavy atom. The van der Waals surface area contributed by atoms with Gasteiger partial charge in [0.1, 0.15) is 5.76 Å². The Morgan fingerprint density at radius 3 is 2.24 bits per heavy atom. The Balaban J connectivity index is 1.28. The summed E-state index contributed by atoms with van der Waals surface area (Å²) in [5.74, 6) is 0.394. The highest BCUT2D eigenvalue weighted by molar-refractivity contribution is 6.34. The van der Waals surface area contributed by atoms with Gasteiger partial charge < -0.3 is 19.5 Å². The molecule has 0 unspecified atom stereocenters. The molecule has 4 aromatic rings. The zero-order chi connectivity index (χ0) is 25.9. The van der Waals surface area contributed by atoms with E-state index in [0.29, 0.717) is 53.2 Å². The number of piperazine rings is 1. The van der Waals surface area contributed by atoms with E-state index in [2.05, 4.69) is 10.2 Å². The van der Waals surface area contributed by atoms with Crippen LogP contribution >= 0.6 is 23.2 Å². The van der Waals surface area contributed by atoms with Gasteiger partial charge in [0, 0.05) is 42.3 Å². The molecule has 0 radical (unpaired) electrons. The third kappa shape index (κ3) is 5.50. The molecule has 1 aliphatic heterocycles. The first-order chi connectivity index (χ1) is 17.9. The molecule has 1 saturated heterocycles. The van der Waals surface area contributed by atoms with Gasteiger partial charge in [-0.3, -0.25) is 9.59 Å². The number of aryl methyl sites for hydroxylation is 1. The maximum absolute atomic E-state index is 13.0. The number of nitrogens with one attached hydrogen (secondary N) is 1. The number of nitrogens with zero attached hydrogens (tertiary/aromatic N) is 2. The van der Waals surface area contributed by atoms with Gasteiger partial charge in [-0.2, -0.15) is 0 Å². The molecule has 0 saturated carbocycles. The predicted molar refractivity (Wildman–Crippen MR) is 148 cm³/mol. The van der Waals surface area contributed by atoms with Gasteiger partial charge >= 0.3 is 0 Å². The van der Waals surface area contributed by atoms with Crippen molar-refractivity contribution in [2.75, 3.05) is 36.4 Å². The molecule has 1 aromatic heterocycles. The number of para-hydroxylation sites is 1. The quantitative estimate of drug-likeness (QED) is 0.307. The molecule has 1 N–H and O–H groups in total. The fourth-order valence-corrected chi connectivity index (χ4v) is 4.78. The molecule has 1 fully saturated rings. The second-order valence-corrected chi connectivity index (χ2v) is 9.75. The summed E-state index contributed by atoms with van der Waals surface area (Å²) in [5, 5.41) is 4.10. The zero-order valence-electron chi connectivity index (χ0n) is 20.2. The summed E-state index contributed by atoms with van der Waals surface area (Å²) in [4.78, 5) is 29.9. The van der Waals surface area contributed by atoms with Crippen molar-refractivity contribution < 1.29 is 14.0 Å². The van der Waals surface area contributed by atoms with E-state index in [1.165, 1.54) is 0 Å². The third-order valence-electron chi connectivity index (χ3n) is 6.38. The molecule has 188 valence electrons. The standard InChI is InChI=1S/C29H25Cl2N3O3/c1-19-5-7-21(8-6-19)29(36)34-17-15-33(16-18-34)27-23(31)3-2-4-24(27)32-28(35)26-14-13-25(37-26)20-9-11-22(30)12-10-20/h2-14H,15-18H2,1H3,(H,32,35). The number of rotatable bonds is 5. The molecule has 0 bridgehead atoms. The average molecular weight is 534 g/mol. The first kappa shape index (κ1) is 24.9. The lowest BCUT2D eigenvalue weighted by Gasteiger charge is -2.37. The van der Waals surface area contributed by atoms with Crippen LogP contribution in [0, 0.1) is 6.92 Å². The van der Waals surface area contributed by atoms with Crippen molar-refractivity contribution in [1.82, 2.24) is 4.90 Å². The van der Waals surface area contributed by atoms with Crippen LogP contribution in [0.25, 0.3) is 11.3 Å². The number of anilines is 2. The molecule has 5 rings (SSSR count). The molecule has 3 aromatic carbocycles. The summed E-state index contributed by atoms with van der Waals surface area (Å²) in [7, 11) is 0. The third-order valence-corrected chi connectivity index (χ3v) is 6.93. The molecule has 6 nitrogen and oxygen atoms in total. The van der Waals surface area contributed by atoms with Gasteiger partial charge in [0.05, 0.1) is 16.4 Å². The van der Waals surface area contributed by atoms with Crippen LogP contribution in [0.4, 0.5) is 11.4 Å². The van der Waals surface area contributed by atoms with Gasteiger partial charge in [-0.15, -0.1) is 0 Å². The van der Waals surface area contributed by atoms with E-state index < -0.39 is 0 Å². The minimum Gasteiger partial charge on any atom is -0.451 e. The molecule has 8 heteroatoms. The van der Waals surface area contributed by atoms with Crippen LogP contribution in [0.5, 0.6) is 0 Å². The number of amides is 2. The van der Waals surface area contributed by atoms with Crippen molar-refractivity contribution in [1.29, 1.82) is 0 Å². The lowest BCUT2D eigenvalue weighted by molar-refractivity contribution is 0.0746. The van der Waals surface area contributed by atoms with E-state index in [-0.39, 0.29) is 17.6 Å². The van der Waals surface area contributed by atoms with Gasteiger partial charge in [-0.25, -0.2) is 0 Å². The summed E-state index contributed by atoms with van der Waals surface area (Å²) < 4.78 is 5.80. The Labute approximate surface area is 225 Å². The number of carbonyl (C=O) groups excluding carboxylic acids is 2. The molecule has 0 spiro atoms. The molecule has 0 atom stereocenters. The van der Waals surface area contributed by atoms with Gasteiger partial charge in [0.25, 0.3) is 11.8 Å². The second-order valence-electron chi connectivity index (χ2n) is 8.91. The first-order valence-corrected chi connectivity index (χ1v) is 12.7. The Bertz CT molecular complexity index is 1420. The van der Waals surface area contributed by atoms with Gasteiger partial charge in [-0.05, 0) is 67.6 Å². The maximum Gasteiger partial charge on any atom is 0.291 e. The Hall–Kier alpha value is -3.74. The minimum absolute atomic E-state index is 0.0154. The number of furan rings is 1. The van der Waals surface area contributed by atoms with E-state index >= 15 is 0 Å². The molecule has 2 amide bonds. The van der Waals surface area contributed by atoms with Crippen molar-refractivity contribution in [3.8, 4) is 11.3 Å². The van der Waals surface area contributed by atoms with Gasteiger partial charge in [0.15, 0.2) is 5.76 Å². The lowest BCUT2D eigenvalue weighted by Crippen LogP contribution is -2.49. The Kier molecular flexibility index (Phi) is 7.22. The maximum atomic E-state index is 13.0. The van der Waals surface area contributed by atoms with E-state index in [4.69, 9.17) is 27.6 Å². The Morgan fingerprint density at radius 2 is 1.54 bits per heavy atom. The molecule has 1 aliphatic rings. The highest BCUT2D eigenvalue weighted by atomic mass is 35.5. The van der Waals surface area contributed by atoms with E-state index in [9.17, 15) is 9.59 Å². The number of benzene rings is 3. The van der Waals surface area contributed by atoms with E-state index in [0.717, 1.165) is 16.8 Å². The fourth-order valence-electron chi connectivity index (χ4n) is 4.36. The molecule has 0 aliphatic carbocycles. The summed E-state index contributed by atoms with van der Waals surface area (Å²) in [5.41, 5.74) is 3.93. The summed E-state index contributed by atoms with van der Waals surface area (Å²) in [6.07, 6.45) is 0. The van der Waals surface area contributed by atoms with Crippen LogP contribution in [0.3, 0.4) is 0 Å². The van der Waals surface area contributed by atoms with Crippen molar-refractivity contribution in [3.05, 3.63) is 106 Å². The number of carbonyl (C=O) groups is 2. The van der Waals surface area contributed by atoms with Crippen LogP contribution in [0.2, 0.25) is 10.0 Å². The fraction of sp³-hybridized carbons (Fsp3) is 0.172. The SMILES string of the molecule is Cc1ccc(C(=O)N2CCN(c3c(Cl)cccc3NC(=O)c3ccc(-c4ccc(Cl)cc4)o3)CC2)cc1. The summed E-state index contributed by atoms with van der Waals surface area (Å²) in [6.45, 7) is 4.27. The van der Waals surface area contributed by atoms with Gasteiger partial charge in [-0.1, -0.05) is 47.0 Å².